The van der Waals surface area contributed by atoms with Crippen molar-refractivity contribution in [3.63, 3.8) is 0 Å². The van der Waals surface area contributed by atoms with Gasteiger partial charge in [-0.05, 0) is 36.0 Å². The molecular formula is C15H12ClN3O3S. The summed E-state index contributed by atoms with van der Waals surface area (Å²) in [4.78, 5) is 22.3. The molecule has 2 aromatic carbocycles. The van der Waals surface area contributed by atoms with Gasteiger partial charge in [0.1, 0.15) is 5.69 Å². The lowest BCUT2D eigenvalue weighted by atomic mass is 10.1. The molecule has 0 unspecified atom stereocenters. The van der Waals surface area contributed by atoms with Crippen LogP contribution in [0.3, 0.4) is 0 Å². The van der Waals surface area contributed by atoms with E-state index in [0.717, 1.165) is 5.56 Å². The number of halogens is 1. The Morgan fingerprint density at radius 3 is 2.48 bits per heavy atom. The predicted octanol–water partition coefficient (Wildman–Crippen LogP) is 3.30. The van der Waals surface area contributed by atoms with Gasteiger partial charge in [0, 0.05) is 11.1 Å². The van der Waals surface area contributed by atoms with E-state index in [9.17, 15) is 14.9 Å². The van der Waals surface area contributed by atoms with E-state index in [1.165, 1.54) is 12.1 Å². The fourth-order valence-corrected chi connectivity index (χ4v) is 2.20. The summed E-state index contributed by atoms with van der Waals surface area (Å²) >= 11 is 10.8. The summed E-state index contributed by atoms with van der Waals surface area (Å²) in [7, 11) is 0. The molecule has 0 aliphatic carbocycles. The second-order valence-corrected chi connectivity index (χ2v) is 5.42. The minimum atomic E-state index is -0.527. The van der Waals surface area contributed by atoms with E-state index in [1.807, 2.05) is 0 Å². The van der Waals surface area contributed by atoms with Gasteiger partial charge in [-0.15, -0.1) is 0 Å². The summed E-state index contributed by atoms with van der Waals surface area (Å²) in [5.41, 5.74) is 0.872. The molecule has 0 spiro atoms. The van der Waals surface area contributed by atoms with Gasteiger partial charge in [0.25, 0.3) is 5.69 Å². The number of carbonyl (C=O) groups excluding carboxylic acids is 1. The molecule has 0 aliphatic heterocycles. The number of nitro groups is 1. The molecule has 0 saturated heterocycles. The zero-order chi connectivity index (χ0) is 16.8. The lowest BCUT2D eigenvalue weighted by Gasteiger charge is -2.09. The van der Waals surface area contributed by atoms with Crippen LogP contribution in [0.5, 0.6) is 0 Å². The molecule has 0 saturated carbocycles. The molecular weight excluding hydrogens is 338 g/mol. The van der Waals surface area contributed by atoms with Crippen molar-refractivity contribution in [2.75, 3.05) is 5.32 Å². The largest absolute Gasteiger partial charge is 0.327 e. The first-order chi connectivity index (χ1) is 11.0. The van der Waals surface area contributed by atoms with E-state index in [-0.39, 0.29) is 28.8 Å². The molecule has 8 heteroatoms. The molecule has 23 heavy (non-hydrogen) atoms. The maximum Gasteiger partial charge on any atom is 0.292 e. The van der Waals surface area contributed by atoms with E-state index in [2.05, 4.69) is 10.6 Å². The Bertz CT molecular complexity index is 750. The summed E-state index contributed by atoms with van der Waals surface area (Å²) in [5, 5.41) is 16.6. The van der Waals surface area contributed by atoms with Crippen LogP contribution < -0.4 is 10.6 Å². The molecule has 0 radical (unpaired) electrons. The fraction of sp³-hybridized carbons (Fsp3) is 0.0667. The van der Waals surface area contributed by atoms with Crippen molar-refractivity contribution in [3.8, 4) is 0 Å². The topological polar surface area (TPSA) is 84.3 Å². The molecule has 2 rings (SSSR count). The number of amides is 1. The van der Waals surface area contributed by atoms with Crippen molar-refractivity contribution >= 4 is 46.2 Å². The first-order valence-corrected chi connectivity index (χ1v) is 7.33. The number of thiocarbonyl (C=S) groups is 1. The number of carbonyl (C=O) groups is 1. The monoisotopic (exact) mass is 349 g/mol. The molecule has 0 fully saturated rings. The van der Waals surface area contributed by atoms with Crippen molar-refractivity contribution < 1.29 is 9.72 Å². The third-order valence-corrected chi connectivity index (χ3v) is 3.34. The quantitative estimate of drug-likeness (QED) is 0.502. The molecule has 118 valence electrons. The Morgan fingerprint density at radius 1 is 1.17 bits per heavy atom. The Balaban J connectivity index is 1.95. The molecule has 0 bridgehead atoms. The summed E-state index contributed by atoms with van der Waals surface area (Å²) in [6, 6.07) is 12.9. The highest BCUT2D eigenvalue weighted by molar-refractivity contribution is 7.80. The molecule has 2 N–H and O–H groups in total. The molecule has 0 atom stereocenters. The molecule has 6 nitrogen and oxygen atoms in total. The zero-order valence-corrected chi connectivity index (χ0v) is 13.4. The maximum absolute atomic E-state index is 11.9. The summed E-state index contributed by atoms with van der Waals surface area (Å²) in [6.45, 7) is 0. The van der Waals surface area contributed by atoms with Gasteiger partial charge < -0.3 is 10.6 Å². The molecule has 0 aliphatic rings. The van der Waals surface area contributed by atoms with Crippen LogP contribution in [0.2, 0.25) is 5.02 Å². The number of anilines is 1. The number of rotatable bonds is 4. The Labute approximate surface area is 142 Å². The fourth-order valence-electron chi connectivity index (χ4n) is 1.85. The van der Waals surface area contributed by atoms with Crippen LogP contribution in [0.1, 0.15) is 5.56 Å². The number of hydrogen-bond donors (Lipinski definition) is 2. The SMILES string of the molecule is O=C(Cc1ccc(Cl)cc1)NC(=S)Nc1ccccc1[N+](=O)[O-]. The predicted molar refractivity (Wildman–Crippen MR) is 92.6 cm³/mol. The van der Waals surface area contributed by atoms with Crippen LogP contribution in [-0.4, -0.2) is 15.9 Å². The van der Waals surface area contributed by atoms with Crippen LogP contribution in [0.15, 0.2) is 48.5 Å². The molecule has 0 heterocycles. The molecule has 2 aromatic rings. The van der Waals surface area contributed by atoms with Crippen LogP contribution in [0.25, 0.3) is 0 Å². The van der Waals surface area contributed by atoms with Gasteiger partial charge >= 0.3 is 0 Å². The van der Waals surface area contributed by atoms with E-state index in [1.54, 1.807) is 36.4 Å². The lowest BCUT2D eigenvalue weighted by Crippen LogP contribution is -2.35. The zero-order valence-electron chi connectivity index (χ0n) is 11.8. The normalized spacial score (nSPS) is 9.96. The minimum Gasteiger partial charge on any atom is -0.327 e. The van der Waals surface area contributed by atoms with E-state index < -0.39 is 4.92 Å². The smallest absolute Gasteiger partial charge is 0.292 e. The van der Waals surface area contributed by atoms with Gasteiger partial charge in [-0.1, -0.05) is 35.9 Å². The van der Waals surface area contributed by atoms with Crippen molar-refractivity contribution in [2.24, 2.45) is 0 Å². The Hall–Kier alpha value is -2.51. The van der Waals surface area contributed by atoms with Gasteiger partial charge in [0.05, 0.1) is 11.3 Å². The lowest BCUT2D eigenvalue weighted by molar-refractivity contribution is -0.383. The number of hydrogen-bond acceptors (Lipinski definition) is 4. The van der Waals surface area contributed by atoms with Crippen molar-refractivity contribution in [1.29, 1.82) is 0 Å². The van der Waals surface area contributed by atoms with E-state index in [4.69, 9.17) is 23.8 Å². The van der Waals surface area contributed by atoms with Crippen LogP contribution in [0.4, 0.5) is 11.4 Å². The minimum absolute atomic E-state index is 0.00161. The van der Waals surface area contributed by atoms with Crippen molar-refractivity contribution in [1.82, 2.24) is 5.32 Å². The van der Waals surface area contributed by atoms with Crippen molar-refractivity contribution in [3.05, 3.63) is 69.2 Å². The number of para-hydroxylation sites is 2. The van der Waals surface area contributed by atoms with Crippen LogP contribution in [0, 0.1) is 10.1 Å². The van der Waals surface area contributed by atoms with Gasteiger partial charge in [0.2, 0.25) is 5.91 Å². The van der Waals surface area contributed by atoms with Gasteiger partial charge in [0.15, 0.2) is 5.11 Å². The van der Waals surface area contributed by atoms with Gasteiger partial charge in [-0.3, -0.25) is 14.9 Å². The van der Waals surface area contributed by atoms with Crippen molar-refractivity contribution in [2.45, 2.75) is 6.42 Å². The van der Waals surface area contributed by atoms with Gasteiger partial charge in [-0.25, -0.2) is 0 Å². The summed E-state index contributed by atoms with van der Waals surface area (Å²) in [6.07, 6.45) is 0.121. The highest BCUT2D eigenvalue weighted by Gasteiger charge is 2.14. The summed E-state index contributed by atoms with van der Waals surface area (Å²) in [5.74, 6) is -0.330. The second-order valence-electron chi connectivity index (χ2n) is 4.58. The van der Waals surface area contributed by atoms with Crippen LogP contribution in [-0.2, 0) is 11.2 Å². The number of benzene rings is 2. The van der Waals surface area contributed by atoms with E-state index >= 15 is 0 Å². The average Bonchev–Trinajstić information content (AvgIpc) is 2.49. The Morgan fingerprint density at radius 2 is 1.83 bits per heavy atom. The third-order valence-electron chi connectivity index (χ3n) is 2.88. The number of nitrogens with one attached hydrogen (secondary N) is 2. The molecule has 1 amide bonds. The average molecular weight is 350 g/mol. The highest BCUT2D eigenvalue weighted by Crippen LogP contribution is 2.22. The number of nitrogens with zero attached hydrogens (tertiary/aromatic N) is 1. The third kappa shape index (κ3) is 5.01. The summed E-state index contributed by atoms with van der Waals surface area (Å²) < 4.78 is 0. The first kappa shape index (κ1) is 16.9. The number of nitro benzene ring substituents is 1. The molecule has 0 aromatic heterocycles. The second kappa shape index (κ2) is 7.66. The van der Waals surface area contributed by atoms with E-state index in [0.29, 0.717) is 5.02 Å². The van der Waals surface area contributed by atoms with Crippen LogP contribution >= 0.6 is 23.8 Å². The highest BCUT2D eigenvalue weighted by atomic mass is 35.5. The van der Waals surface area contributed by atoms with Gasteiger partial charge in [-0.2, -0.15) is 0 Å². The Kier molecular flexibility index (Phi) is 5.61. The first-order valence-electron chi connectivity index (χ1n) is 6.54. The maximum atomic E-state index is 11.9. The standard InChI is InChI=1S/C15H12ClN3O3S/c16-11-7-5-10(6-8-11)9-14(20)18-15(23)17-12-3-1-2-4-13(12)19(21)22/h1-8H,9H2,(H2,17,18,20,23).